The summed E-state index contributed by atoms with van der Waals surface area (Å²) in [6, 6.07) is 7.76. The molecule has 1 aromatic carbocycles. The second-order valence-electron chi connectivity index (χ2n) is 6.81. The minimum absolute atomic E-state index is 0.394. The van der Waals surface area contributed by atoms with Crippen LogP contribution in [-0.2, 0) is 0 Å². The minimum Gasteiger partial charge on any atom is -0.422 e. The van der Waals surface area contributed by atoms with Crippen molar-refractivity contribution in [1.82, 2.24) is 19.7 Å². The van der Waals surface area contributed by atoms with Crippen LogP contribution in [0, 0.1) is 6.92 Å². The summed E-state index contributed by atoms with van der Waals surface area (Å²) in [5.74, 6) is 0. The molecule has 3 aromatic heterocycles. The Bertz CT molecular complexity index is 1190. The molecule has 144 valence electrons. The summed E-state index contributed by atoms with van der Waals surface area (Å²) in [6.45, 7) is 6.69. The average Bonchev–Trinajstić information content (AvgIpc) is 3.12. The Balaban J connectivity index is 1.71. The van der Waals surface area contributed by atoms with E-state index in [1.165, 1.54) is 0 Å². The molecule has 4 aromatic rings. The number of anilines is 1. The fourth-order valence-corrected chi connectivity index (χ4v) is 3.25. The maximum atomic E-state index is 12.6. The zero-order valence-electron chi connectivity index (χ0n) is 16.3. The molecule has 0 aliphatic rings. The van der Waals surface area contributed by atoms with Gasteiger partial charge in [0, 0.05) is 55.9 Å². The van der Waals surface area contributed by atoms with E-state index in [9.17, 15) is 4.79 Å². The van der Waals surface area contributed by atoms with Gasteiger partial charge in [-0.05, 0) is 31.7 Å². The highest BCUT2D eigenvalue weighted by Crippen LogP contribution is 2.25. The number of rotatable bonds is 6. The van der Waals surface area contributed by atoms with E-state index in [-0.39, 0.29) is 0 Å². The summed E-state index contributed by atoms with van der Waals surface area (Å²) >= 11 is 0. The van der Waals surface area contributed by atoms with Crippen molar-refractivity contribution in [2.75, 3.05) is 31.6 Å². The SMILES string of the molecule is CCNCCN(C)c1ccc2cc(-c3cn4ccnc(C)c4n3)c(=O)oc2c1. The Kier molecular flexibility index (Phi) is 4.83. The number of aromatic nitrogens is 3. The van der Waals surface area contributed by atoms with E-state index in [1.54, 1.807) is 6.20 Å². The van der Waals surface area contributed by atoms with E-state index in [1.807, 2.05) is 55.0 Å². The van der Waals surface area contributed by atoms with Crippen LogP contribution in [0.2, 0.25) is 0 Å². The van der Waals surface area contributed by atoms with Gasteiger partial charge in [0.1, 0.15) is 5.58 Å². The normalized spacial score (nSPS) is 11.4. The van der Waals surface area contributed by atoms with E-state index in [2.05, 4.69) is 27.1 Å². The van der Waals surface area contributed by atoms with Crippen LogP contribution < -0.4 is 15.8 Å². The van der Waals surface area contributed by atoms with Gasteiger partial charge in [-0.3, -0.25) is 4.98 Å². The first-order chi connectivity index (χ1) is 13.6. The van der Waals surface area contributed by atoms with Crippen LogP contribution in [0.25, 0.3) is 27.9 Å². The second kappa shape index (κ2) is 7.44. The summed E-state index contributed by atoms with van der Waals surface area (Å²) in [5, 5.41) is 4.17. The third-order valence-corrected chi connectivity index (χ3v) is 4.86. The molecule has 0 spiro atoms. The lowest BCUT2D eigenvalue weighted by Crippen LogP contribution is -2.28. The van der Waals surface area contributed by atoms with Gasteiger partial charge in [0.2, 0.25) is 0 Å². The van der Waals surface area contributed by atoms with Gasteiger partial charge in [0.25, 0.3) is 0 Å². The largest absolute Gasteiger partial charge is 0.422 e. The predicted molar refractivity (Wildman–Crippen MR) is 111 cm³/mol. The Labute approximate surface area is 162 Å². The molecule has 0 aliphatic heterocycles. The van der Waals surface area contributed by atoms with Crippen molar-refractivity contribution in [2.24, 2.45) is 0 Å². The van der Waals surface area contributed by atoms with Crippen LogP contribution in [0.4, 0.5) is 5.69 Å². The van der Waals surface area contributed by atoms with Crippen molar-refractivity contribution in [3.63, 3.8) is 0 Å². The Morgan fingerprint density at radius 3 is 2.93 bits per heavy atom. The number of hydrogen-bond acceptors (Lipinski definition) is 6. The second-order valence-corrected chi connectivity index (χ2v) is 6.81. The van der Waals surface area contributed by atoms with E-state index in [0.29, 0.717) is 16.8 Å². The molecule has 7 heteroatoms. The van der Waals surface area contributed by atoms with Crippen molar-refractivity contribution in [2.45, 2.75) is 13.8 Å². The average molecular weight is 377 g/mol. The van der Waals surface area contributed by atoms with Gasteiger partial charge in [0.15, 0.2) is 5.65 Å². The molecule has 0 aliphatic carbocycles. The van der Waals surface area contributed by atoms with E-state index in [0.717, 1.165) is 42.0 Å². The number of hydrogen-bond donors (Lipinski definition) is 1. The summed E-state index contributed by atoms with van der Waals surface area (Å²) in [7, 11) is 2.03. The maximum absolute atomic E-state index is 12.6. The predicted octanol–water partition coefficient (Wildman–Crippen LogP) is 2.86. The molecule has 7 nitrogen and oxygen atoms in total. The summed E-state index contributed by atoms with van der Waals surface area (Å²) < 4.78 is 7.49. The Hall–Kier alpha value is -3.19. The highest BCUT2D eigenvalue weighted by Gasteiger charge is 2.13. The first kappa shape index (κ1) is 18.2. The molecule has 0 saturated heterocycles. The van der Waals surface area contributed by atoms with Crippen molar-refractivity contribution >= 4 is 22.3 Å². The zero-order chi connectivity index (χ0) is 19.7. The summed E-state index contributed by atoms with van der Waals surface area (Å²) in [6.07, 6.45) is 5.35. The quantitative estimate of drug-likeness (QED) is 0.411. The van der Waals surface area contributed by atoms with Crippen LogP contribution in [0.15, 0.2) is 52.1 Å². The number of nitrogens with one attached hydrogen (secondary N) is 1. The highest BCUT2D eigenvalue weighted by atomic mass is 16.4. The molecule has 1 N–H and O–H groups in total. The monoisotopic (exact) mass is 377 g/mol. The van der Waals surface area contributed by atoms with Crippen LogP contribution >= 0.6 is 0 Å². The van der Waals surface area contributed by atoms with Crippen molar-refractivity contribution in [1.29, 1.82) is 0 Å². The zero-order valence-corrected chi connectivity index (χ0v) is 16.3. The molecule has 0 saturated carbocycles. The van der Waals surface area contributed by atoms with Gasteiger partial charge in [-0.1, -0.05) is 6.92 Å². The number of fused-ring (bicyclic) bond motifs is 2. The lowest BCUT2D eigenvalue weighted by molar-refractivity contribution is 0.563. The fourth-order valence-electron chi connectivity index (χ4n) is 3.25. The van der Waals surface area contributed by atoms with Gasteiger partial charge in [-0.2, -0.15) is 0 Å². The van der Waals surface area contributed by atoms with Gasteiger partial charge in [-0.15, -0.1) is 0 Å². The molecular weight excluding hydrogens is 354 g/mol. The number of aryl methyl sites for hydroxylation is 1. The van der Waals surface area contributed by atoms with Crippen molar-refractivity contribution < 1.29 is 4.42 Å². The van der Waals surface area contributed by atoms with Crippen LogP contribution in [0.5, 0.6) is 0 Å². The molecule has 0 bridgehead atoms. The Morgan fingerprint density at radius 2 is 2.14 bits per heavy atom. The van der Waals surface area contributed by atoms with Crippen molar-refractivity contribution in [3.05, 3.63) is 59.0 Å². The molecule has 0 fully saturated rings. The molecule has 4 rings (SSSR count). The van der Waals surface area contributed by atoms with Crippen LogP contribution in [-0.4, -0.2) is 41.1 Å². The Morgan fingerprint density at radius 1 is 1.29 bits per heavy atom. The lowest BCUT2D eigenvalue weighted by atomic mass is 10.1. The molecule has 3 heterocycles. The summed E-state index contributed by atoms with van der Waals surface area (Å²) in [4.78, 5) is 23.6. The smallest absolute Gasteiger partial charge is 0.345 e. The molecule has 0 radical (unpaired) electrons. The molecule has 0 unspecified atom stereocenters. The number of imidazole rings is 1. The van der Waals surface area contributed by atoms with Crippen LogP contribution in [0.3, 0.4) is 0 Å². The van der Waals surface area contributed by atoms with Gasteiger partial charge in [0.05, 0.1) is 17.0 Å². The van der Waals surface area contributed by atoms with Gasteiger partial charge in [-0.25, -0.2) is 9.78 Å². The fraction of sp³-hybridized carbons (Fsp3) is 0.286. The molecular formula is C21H23N5O2. The molecule has 0 amide bonds. The molecule has 28 heavy (non-hydrogen) atoms. The first-order valence-corrected chi connectivity index (χ1v) is 9.37. The standard InChI is InChI=1S/C21H23N5O2/c1-4-22-7-9-25(3)16-6-5-15-11-17(21(27)28-19(15)12-16)18-13-26-10-8-23-14(2)20(26)24-18/h5-6,8,10-13,22H,4,7,9H2,1-3H3. The van der Waals surface area contributed by atoms with Gasteiger partial charge >= 0.3 is 5.63 Å². The van der Waals surface area contributed by atoms with Crippen LogP contribution in [0.1, 0.15) is 12.6 Å². The van der Waals surface area contributed by atoms with Gasteiger partial charge < -0.3 is 19.0 Å². The minimum atomic E-state index is -0.394. The number of likely N-dealkylation sites (N-methyl/N-ethyl adjacent to an activating group) is 2. The third-order valence-electron chi connectivity index (χ3n) is 4.86. The summed E-state index contributed by atoms with van der Waals surface area (Å²) in [5.41, 5.74) is 3.76. The third kappa shape index (κ3) is 3.36. The number of benzene rings is 1. The van der Waals surface area contributed by atoms with E-state index < -0.39 is 5.63 Å². The topological polar surface area (TPSA) is 75.7 Å². The maximum Gasteiger partial charge on any atom is 0.345 e. The molecule has 0 atom stereocenters. The highest BCUT2D eigenvalue weighted by molar-refractivity contribution is 5.84. The van der Waals surface area contributed by atoms with Crippen molar-refractivity contribution in [3.8, 4) is 11.3 Å². The number of nitrogens with zero attached hydrogens (tertiary/aromatic N) is 4. The van der Waals surface area contributed by atoms with E-state index in [4.69, 9.17) is 4.42 Å². The first-order valence-electron chi connectivity index (χ1n) is 9.37. The van der Waals surface area contributed by atoms with E-state index >= 15 is 0 Å². The lowest BCUT2D eigenvalue weighted by Gasteiger charge is -2.19.